The molecule has 3 heterocycles. The Morgan fingerprint density at radius 3 is 2.50 bits per heavy atom. The molecule has 1 saturated heterocycles. The molecule has 0 spiro atoms. The molecule has 0 atom stereocenters. The van der Waals surface area contributed by atoms with E-state index < -0.39 is 0 Å². The first kappa shape index (κ1) is 17.2. The van der Waals surface area contributed by atoms with Gasteiger partial charge in [0.15, 0.2) is 11.5 Å². The van der Waals surface area contributed by atoms with E-state index in [2.05, 4.69) is 25.5 Å². The average molecular weight is 356 g/mol. The second-order valence-corrected chi connectivity index (χ2v) is 7.67. The number of aromatic nitrogens is 4. The van der Waals surface area contributed by atoms with Crippen LogP contribution in [0.15, 0.2) is 12.1 Å². The van der Waals surface area contributed by atoms with Crippen LogP contribution in [0, 0.1) is 12.8 Å². The van der Waals surface area contributed by atoms with Gasteiger partial charge in [-0.2, -0.15) is 4.52 Å². The van der Waals surface area contributed by atoms with Crippen molar-refractivity contribution >= 4 is 17.4 Å². The lowest BCUT2D eigenvalue weighted by Gasteiger charge is -2.32. The summed E-state index contributed by atoms with van der Waals surface area (Å²) in [5.41, 5.74) is 0.768. The van der Waals surface area contributed by atoms with E-state index in [0.29, 0.717) is 6.04 Å². The van der Waals surface area contributed by atoms with Crippen LogP contribution >= 0.6 is 0 Å². The highest BCUT2D eigenvalue weighted by Crippen LogP contribution is 2.23. The fraction of sp³-hybridized carbons (Fsp3) is 0.684. The van der Waals surface area contributed by atoms with Gasteiger partial charge in [0.05, 0.1) is 0 Å². The average Bonchev–Trinajstić information content (AvgIpc) is 2.87. The van der Waals surface area contributed by atoms with Crippen molar-refractivity contribution in [2.45, 2.75) is 64.3 Å². The molecule has 1 aliphatic carbocycles. The number of piperidine rings is 1. The Hall–Kier alpha value is -2.18. The molecule has 0 bridgehead atoms. The van der Waals surface area contributed by atoms with Crippen LogP contribution < -0.4 is 10.2 Å². The van der Waals surface area contributed by atoms with Gasteiger partial charge in [-0.3, -0.25) is 4.79 Å². The number of fused-ring (bicyclic) bond motifs is 1. The predicted molar refractivity (Wildman–Crippen MR) is 100 cm³/mol. The van der Waals surface area contributed by atoms with Crippen LogP contribution in [0.2, 0.25) is 0 Å². The SMILES string of the molecule is Cc1nnc2ccc(N3CCC(C(=O)NC4CCCCCC4)CC3)nn12. The lowest BCUT2D eigenvalue weighted by atomic mass is 9.95. The Balaban J connectivity index is 1.34. The maximum atomic E-state index is 12.6. The first-order chi connectivity index (χ1) is 12.7. The molecule has 26 heavy (non-hydrogen) atoms. The van der Waals surface area contributed by atoms with Gasteiger partial charge in [-0.25, -0.2) is 0 Å². The zero-order chi connectivity index (χ0) is 17.9. The molecule has 1 N–H and O–H groups in total. The molecule has 0 unspecified atom stereocenters. The smallest absolute Gasteiger partial charge is 0.223 e. The van der Waals surface area contributed by atoms with Crippen molar-refractivity contribution in [1.29, 1.82) is 0 Å². The maximum absolute atomic E-state index is 12.6. The lowest BCUT2D eigenvalue weighted by Crippen LogP contribution is -2.44. The van der Waals surface area contributed by atoms with Gasteiger partial charge in [0.25, 0.3) is 0 Å². The first-order valence-electron chi connectivity index (χ1n) is 9.95. The molecule has 1 aliphatic heterocycles. The topological polar surface area (TPSA) is 75.4 Å². The minimum absolute atomic E-state index is 0.134. The van der Waals surface area contributed by atoms with Crippen molar-refractivity contribution in [3.63, 3.8) is 0 Å². The minimum Gasteiger partial charge on any atom is -0.355 e. The van der Waals surface area contributed by atoms with E-state index in [0.717, 1.165) is 56.1 Å². The van der Waals surface area contributed by atoms with Crippen molar-refractivity contribution < 1.29 is 4.79 Å². The number of carbonyl (C=O) groups excluding carboxylic acids is 1. The Bertz CT molecular complexity index is 756. The van der Waals surface area contributed by atoms with E-state index >= 15 is 0 Å². The van der Waals surface area contributed by atoms with E-state index in [-0.39, 0.29) is 11.8 Å². The maximum Gasteiger partial charge on any atom is 0.223 e. The second kappa shape index (κ2) is 7.60. The molecule has 7 heteroatoms. The Morgan fingerprint density at radius 2 is 1.77 bits per heavy atom. The summed E-state index contributed by atoms with van der Waals surface area (Å²) in [6.07, 6.45) is 9.20. The van der Waals surface area contributed by atoms with Crippen molar-refractivity contribution in [1.82, 2.24) is 25.1 Å². The molecule has 7 nitrogen and oxygen atoms in total. The van der Waals surface area contributed by atoms with E-state index in [9.17, 15) is 4.79 Å². The van der Waals surface area contributed by atoms with E-state index in [4.69, 9.17) is 0 Å². The predicted octanol–water partition coefficient (Wildman–Crippen LogP) is 2.49. The third kappa shape index (κ3) is 3.66. The first-order valence-corrected chi connectivity index (χ1v) is 9.95. The van der Waals surface area contributed by atoms with Gasteiger partial charge in [0.1, 0.15) is 5.82 Å². The van der Waals surface area contributed by atoms with Crippen LogP contribution in [0.25, 0.3) is 5.65 Å². The van der Waals surface area contributed by atoms with E-state index in [1.165, 1.54) is 25.7 Å². The summed E-state index contributed by atoms with van der Waals surface area (Å²) in [6.45, 7) is 3.63. The van der Waals surface area contributed by atoms with E-state index in [1.807, 2.05) is 19.1 Å². The molecule has 1 saturated carbocycles. The molecular formula is C19H28N6O. The van der Waals surface area contributed by atoms with Crippen LogP contribution in [0.4, 0.5) is 5.82 Å². The summed E-state index contributed by atoms with van der Waals surface area (Å²) in [5, 5.41) is 16.1. The van der Waals surface area contributed by atoms with E-state index in [1.54, 1.807) is 4.52 Å². The molecule has 0 aromatic carbocycles. The van der Waals surface area contributed by atoms with Gasteiger partial charge in [0, 0.05) is 25.0 Å². The standard InChI is InChI=1S/C19H28N6O/c1-14-21-22-17-8-9-18(23-25(14)17)24-12-10-15(11-13-24)19(26)20-16-6-4-2-3-5-7-16/h8-9,15-16H,2-7,10-13H2,1H3,(H,20,26). The highest BCUT2D eigenvalue weighted by atomic mass is 16.1. The highest BCUT2D eigenvalue weighted by Gasteiger charge is 2.27. The summed E-state index contributed by atoms with van der Waals surface area (Å²) in [7, 11) is 0. The fourth-order valence-electron chi connectivity index (χ4n) is 4.17. The fourth-order valence-corrected chi connectivity index (χ4v) is 4.17. The molecule has 2 aromatic heterocycles. The van der Waals surface area contributed by atoms with Gasteiger partial charge >= 0.3 is 0 Å². The number of rotatable bonds is 3. The van der Waals surface area contributed by atoms with Gasteiger partial charge in [-0.1, -0.05) is 25.7 Å². The number of aryl methyl sites for hydroxylation is 1. The largest absolute Gasteiger partial charge is 0.355 e. The van der Waals surface area contributed by atoms with Crippen LogP contribution in [-0.4, -0.2) is 44.8 Å². The Kier molecular flexibility index (Phi) is 5.04. The van der Waals surface area contributed by atoms with Gasteiger partial charge in [0.2, 0.25) is 5.91 Å². The van der Waals surface area contributed by atoms with Crippen LogP contribution in [0.3, 0.4) is 0 Å². The number of nitrogens with one attached hydrogen (secondary N) is 1. The molecular weight excluding hydrogens is 328 g/mol. The lowest BCUT2D eigenvalue weighted by molar-refractivity contribution is -0.126. The minimum atomic E-state index is 0.134. The van der Waals surface area contributed by atoms with Gasteiger partial charge in [-0.15, -0.1) is 15.3 Å². The normalized spacial score (nSPS) is 20.3. The van der Waals surface area contributed by atoms with Crippen molar-refractivity contribution in [3.05, 3.63) is 18.0 Å². The third-order valence-corrected chi connectivity index (χ3v) is 5.80. The third-order valence-electron chi connectivity index (χ3n) is 5.80. The van der Waals surface area contributed by atoms with Crippen molar-refractivity contribution in [3.8, 4) is 0 Å². The van der Waals surface area contributed by atoms with Crippen LogP contribution in [0.5, 0.6) is 0 Å². The summed E-state index contributed by atoms with van der Waals surface area (Å²) in [4.78, 5) is 14.9. The second-order valence-electron chi connectivity index (χ2n) is 7.67. The molecule has 2 fully saturated rings. The van der Waals surface area contributed by atoms with Gasteiger partial charge < -0.3 is 10.2 Å². The summed E-state index contributed by atoms with van der Waals surface area (Å²) in [5.74, 6) is 2.12. The molecule has 4 rings (SSSR count). The Morgan fingerprint density at radius 1 is 1.04 bits per heavy atom. The monoisotopic (exact) mass is 356 g/mol. The number of carbonyl (C=O) groups is 1. The van der Waals surface area contributed by atoms with Crippen molar-refractivity contribution in [2.75, 3.05) is 18.0 Å². The van der Waals surface area contributed by atoms with Crippen molar-refractivity contribution in [2.24, 2.45) is 5.92 Å². The summed E-state index contributed by atoms with van der Waals surface area (Å²) < 4.78 is 1.78. The number of nitrogens with zero attached hydrogens (tertiary/aromatic N) is 5. The van der Waals surface area contributed by atoms with Crippen LogP contribution in [0.1, 0.15) is 57.2 Å². The van der Waals surface area contributed by atoms with Crippen LogP contribution in [-0.2, 0) is 4.79 Å². The quantitative estimate of drug-likeness (QED) is 0.855. The number of anilines is 1. The number of hydrogen-bond acceptors (Lipinski definition) is 5. The summed E-state index contributed by atoms with van der Waals surface area (Å²) in [6, 6.07) is 4.34. The Labute approximate surface area is 154 Å². The molecule has 140 valence electrons. The number of hydrogen-bond donors (Lipinski definition) is 1. The molecule has 2 aromatic rings. The zero-order valence-corrected chi connectivity index (χ0v) is 15.5. The molecule has 2 aliphatic rings. The summed E-state index contributed by atoms with van der Waals surface area (Å²) >= 11 is 0. The zero-order valence-electron chi connectivity index (χ0n) is 15.5. The molecule has 1 amide bonds. The van der Waals surface area contributed by atoms with Gasteiger partial charge in [-0.05, 0) is 44.7 Å². The highest BCUT2D eigenvalue weighted by molar-refractivity contribution is 5.79. The molecule has 0 radical (unpaired) electrons. The number of amides is 1.